The van der Waals surface area contributed by atoms with Gasteiger partial charge in [-0.25, -0.2) is 8.42 Å². The smallest absolute Gasteiger partial charge is 0.252 e. The maximum atomic E-state index is 14.0. The Kier molecular flexibility index (Phi) is 8.33. The van der Waals surface area contributed by atoms with Crippen molar-refractivity contribution in [3.63, 3.8) is 0 Å². The summed E-state index contributed by atoms with van der Waals surface area (Å²) in [7, 11) is -2.92. The normalized spacial score (nSPS) is 15.7. The van der Waals surface area contributed by atoms with Crippen LogP contribution in [0.25, 0.3) is 0 Å². The van der Waals surface area contributed by atoms with Crippen molar-refractivity contribution in [3.8, 4) is 17.2 Å². The van der Waals surface area contributed by atoms with Crippen molar-refractivity contribution in [3.05, 3.63) is 77.9 Å². The highest BCUT2D eigenvalue weighted by atomic mass is 32.2. The Labute approximate surface area is 222 Å². The fourth-order valence-electron chi connectivity index (χ4n) is 4.65. The van der Waals surface area contributed by atoms with Crippen molar-refractivity contribution in [1.82, 2.24) is 10.2 Å². The average Bonchev–Trinajstić information content (AvgIpc) is 3.39. The summed E-state index contributed by atoms with van der Waals surface area (Å²) in [5, 5.41) is 2.90. The van der Waals surface area contributed by atoms with Gasteiger partial charge in [0, 0.05) is 12.6 Å². The third-order valence-corrected chi connectivity index (χ3v) is 8.46. The first kappa shape index (κ1) is 27.2. The number of sulfone groups is 1. The fraction of sp³-hybridized carbons (Fsp3) is 0.286. The Bertz CT molecular complexity index is 1430. The maximum Gasteiger partial charge on any atom is 0.252 e. The maximum absolute atomic E-state index is 14.0. The number of rotatable bonds is 10. The van der Waals surface area contributed by atoms with Crippen molar-refractivity contribution in [1.29, 1.82) is 0 Å². The lowest BCUT2D eigenvalue weighted by molar-refractivity contribution is 0.0936. The van der Waals surface area contributed by atoms with Gasteiger partial charge in [0.25, 0.3) is 11.8 Å². The van der Waals surface area contributed by atoms with Gasteiger partial charge in [-0.3, -0.25) is 14.5 Å². The molecule has 3 aromatic rings. The van der Waals surface area contributed by atoms with Crippen LogP contribution in [0.3, 0.4) is 0 Å². The SMILES string of the molecule is CCN1CCCC1CNC(=O)c1cc(OC)ccc1S(=O)(=O)c1cccc(C(N)=O)c1Oc1ccccc1. The van der Waals surface area contributed by atoms with E-state index >= 15 is 0 Å². The first-order chi connectivity index (χ1) is 18.3. The van der Waals surface area contributed by atoms with Crippen LogP contribution in [0.1, 0.15) is 40.5 Å². The standard InChI is InChI=1S/C28H31N3O6S/c1-3-31-16-8-9-19(31)18-30-28(33)23-17-21(36-2)14-15-24(23)38(34,35)25-13-7-12-22(27(29)32)26(25)37-20-10-5-4-6-11-20/h4-7,10-15,17,19H,3,8-9,16,18H2,1-2H3,(H2,29,32)(H,30,33). The monoisotopic (exact) mass is 537 g/mol. The fourth-order valence-corrected chi connectivity index (χ4v) is 6.23. The number of carbonyl (C=O) groups is 2. The van der Waals surface area contributed by atoms with Crippen LogP contribution >= 0.6 is 0 Å². The Morgan fingerprint density at radius 2 is 1.76 bits per heavy atom. The largest absolute Gasteiger partial charge is 0.497 e. The summed E-state index contributed by atoms with van der Waals surface area (Å²) in [6, 6.07) is 17.0. The van der Waals surface area contributed by atoms with Gasteiger partial charge in [0.1, 0.15) is 16.4 Å². The molecule has 1 atom stereocenters. The number of likely N-dealkylation sites (N-methyl/N-ethyl adjacent to an activating group) is 1. The molecule has 1 aliphatic rings. The molecule has 0 spiro atoms. The van der Waals surface area contributed by atoms with E-state index in [-0.39, 0.29) is 32.7 Å². The van der Waals surface area contributed by atoms with Gasteiger partial charge < -0.3 is 20.5 Å². The molecule has 200 valence electrons. The number of carbonyl (C=O) groups excluding carboxylic acids is 2. The molecule has 0 aliphatic carbocycles. The van der Waals surface area contributed by atoms with E-state index in [0.29, 0.717) is 18.0 Å². The number of likely N-dealkylation sites (tertiary alicyclic amines) is 1. The third-order valence-electron chi connectivity index (χ3n) is 6.62. The van der Waals surface area contributed by atoms with Crippen molar-refractivity contribution in [2.45, 2.75) is 35.6 Å². The van der Waals surface area contributed by atoms with Gasteiger partial charge >= 0.3 is 0 Å². The number of ether oxygens (including phenoxy) is 2. The highest BCUT2D eigenvalue weighted by Gasteiger charge is 2.31. The topological polar surface area (TPSA) is 128 Å². The number of nitrogens with two attached hydrogens (primary N) is 1. The summed E-state index contributed by atoms with van der Waals surface area (Å²) in [5.74, 6) is -0.947. The molecule has 0 aromatic heterocycles. The Hall–Kier alpha value is -3.89. The number of primary amides is 1. The summed E-state index contributed by atoms with van der Waals surface area (Å²) < 4.78 is 39.2. The number of benzene rings is 3. The molecule has 38 heavy (non-hydrogen) atoms. The second-order valence-corrected chi connectivity index (χ2v) is 10.8. The number of nitrogens with zero attached hydrogens (tertiary/aromatic N) is 1. The molecule has 1 unspecified atom stereocenters. The third kappa shape index (κ3) is 5.66. The van der Waals surface area contributed by atoms with Gasteiger partial charge in [0.2, 0.25) is 9.84 Å². The second kappa shape index (κ2) is 11.7. The van der Waals surface area contributed by atoms with E-state index in [0.717, 1.165) is 25.9 Å². The highest BCUT2D eigenvalue weighted by molar-refractivity contribution is 7.91. The molecule has 10 heteroatoms. The molecule has 2 amide bonds. The minimum atomic E-state index is -4.36. The van der Waals surface area contributed by atoms with Crippen molar-refractivity contribution < 1.29 is 27.5 Å². The molecule has 0 bridgehead atoms. The van der Waals surface area contributed by atoms with Crippen LogP contribution in [0.4, 0.5) is 0 Å². The van der Waals surface area contributed by atoms with Gasteiger partial charge in [-0.05, 0) is 68.4 Å². The predicted molar refractivity (Wildman–Crippen MR) is 143 cm³/mol. The number of nitrogens with one attached hydrogen (secondary N) is 1. The first-order valence-electron chi connectivity index (χ1n) is 12.4. The Balaban J connectivity index is 1.76. The highest BCUT2D eigenvalue weighted by Crippen LogP contribution is 2.37. The number of hydrogen-bond acceptors (Lipinski definition) is 7. The minimum Gasteiger partial charge on any atom is -0.497 e. The Morgan fingerprint density at radius 3 is 2.45 bits per heavy atom. The van der Waals surface area contributed by atoms with E-state index in [4.69, 9.17) is 15.2 Å². The van der Waals surface area contributed by atoms with Crippen molar-refractivity contribution in [2.24, 2.45) is 5.73 Å². The molecule has 0 radical (unpaired) electrons. The van der Waals surface area contributed by atoms with Gasteiger partial charge in [0.05, 0.1) is 23.1 Å². The molecular formula is C28H31N3O6S. The Morgan fingerprint density at radius 1 is 1.00 bits per heavy atom. The van der Waals surface area contributed by atoms with Gasteiger partial charge in [0.15, 0.2) is 5.75 Å². The number of para-hydroxylation sites is 2. The van der Waals surface area contributed by atoms with Crippen LogP contribution in [0.2, 0.25) is 0 Å². The van der Waals surface area contributed by atoms with Gasteiger partial charge in [-0.1, -0.05) is 31.2 Å². The molecule has 1 fully saturated rings. The van der Waals surface area contributed by atoms with Crippen LogP contribution in [0.15, 0.2) is 76.5 Å². The molecule has 1 saturated heterocycles. The van der Waals surface area contributed by atoms with E-state index < -0.39 is 21.7 Å². The summed E-state index contributed by atoms with van der Waals surface area (Å²) in [6.45, 7) is 4.31. The van der Waals surface area contributed by atoms with E-state index in [1.807, 2.05) is 0 Å². The van der Waals surface area contributed by atoms with Crippen LogP contribution in [0.5, 0.6) is 17.2 Å². The van der Waals surface area contributed by atoms with Crippen molar-refractivity contribution >= 4 is 21.7 Å². The molecule has 3 N–H and O–H groups in total. The zero-order valence-corrected chi connectivity index (χ0v) is 22.2. The van der Waals surface area contributed by atoms with Crippen LogP contribution in [0, 0.1) is 0 Å². The summed E-state index contributed by atoms with van der Waals surface area (Å²) in [6.07, 6.45) is 2.01. The number of methoxy groups -OCH3 is 1. The minimum absolute atomic E-state index is 0.0689. The van der Waals surface area contributed by atoms with Crippen LogP contribution < -0.4 is 20.5 Å². The zero-order valence-electron chi connectivity index (χ0n) is 21.3. The van der Waals surface area contributed by atoms with E-state index in [1.54, 1.807) is 30.3 Å². The first-order valence-corrected chi connectivity index (χ1v) is 13.9. The molecule has 0 saturated carbocycles. The molecule has 1 aliphatic heterocycles. The molecule has 1 heterocycles. The van der Waals surface area contributed by atoms with E-state index in [1.165, 1.54) is 43.5 Å². The van der Waals surface area contributed by atoms with E-state index in [9.17, 15) is 18.0 Å². The molecule has 9 nitrogen and oxygen atoms in total. The average molecular weight is 538 g/mol. The lowest BCUT2D eigenvalue weighted by Crippen LogP contribution is -2.40. The number of hydrogen-bond donors (Lipinski definition) is 2. The molecule has 4 rings (SSSR count). The molecular weight excluding hydrogens is 506 g/mol. The van der Waals surface area contributed by atoms with E-state index in [2.05, 4.69) is 17.1 Å². The summed E-state index contributed by atoms with van der Waals surface area (Å²) >= 11 is 0. The molecule has 3 aromatic carbocycles. The van der Waals surface area contributed by atoms with Crippen LogP contribution in [-0.2, 0) is 9.84 Å². The van der Waals surface area contributed by atoms with Crippen molar-refractivity contribution in [2.75, 3.05) is 26.7 Å². The predicted octanol–water partition coefficient (Wildman–Crippen LogP) is 3.63. The van der Waals surface area contributed by atoms with Gasteiger partial charge in [-0.2, -0.15) is 0 Å². The summed E-state index contributed by atoms with van der Waals surface area (Å²) in [5.41, 5.74) is 5.39. The van der Waals surface area contributed by atoms with Gasteiger partial charge in [-0.15, -0.1) is 0 Å². The quantitative estimate of drug-likeness (QED) is 0.404. The summed E-state index contributed by atoms with van der Waals surface area (Å²) in [4.78, 5) is 27.3. The zero-order chi connectivity index (χ0) is 27.3. The lowest BCUT2D eigenvalue weighted by Gasteiger charge is -2.23. The lowest BCUT2D eigenvalue weighted by atomic mass is 10.1. The van der Waals surface area contributed by atoms with Crippen LogP contribution in [-0.4, -0.2) is 57.9 Å². The number of amides is 2. The second-order valence-electron chi connectivity index (χ2n) is 8.91.